The first-order chi connectivity index (χ1) is 4.70. The molecular formula is C6H9ClNNaO2S. The van der Waals surface area contributed by atoms with Gasteiger partial charge in [0.05, 0.1) is 5.88 Å². The number of hydrogen-bond donors (Lipinski definition) is 1. The van der Waals surface area contributed by atoms with Gasteiger partial charge in [-0.3, -0.25) is 4.79 Å². The first-order valence-electron chi connectivity index (χ1n) is 2.95. The maximum absolute atomic E-state index is 10.2. The first-order valence-corrected chi connectivity index (χ1v) is 4.00. The molecule has 0 fully saturated rings. The van der Waals surface area contributed by atoms with Crippen molar-refractivity contribution in [2.24, 2.45) is 0 Å². The SMILES string of the molecule is CC1=CSCN1CC(=O)O.[Cl-].[Na+]. The van der Waals surface area contributed by atoms with Gasteiger partial charge in [-0.05, 0) is 12.3 Å². The Balaban J connectivity index is 0. The summed E-state index contributed by atoms with van der Waals surface area (Å²) in [7, 11) is 0. The number of carbonyl (C=O) groups is 1. The zero-order valence-corrected chi connectivity index (χ0v) is 10.7. The third-order valence-corrected chi connectivity index (χ3v) is 2.28. The minimum absolute atomic E-state index is 0. The van der Waals surface area contributed by atoms with Crippen LogP contribution in [0, 0.1) is 0 Å². The number of thioether (sulfide) groups is 1. The molecule has 0 aromatic carbocycles. The molecule has 0 aliphatic carbocycles. The Hall–Kier alpha value is 0.650. The van der Waals surface area contributed by atoms with E-state index in [0.29, 0.717) is 0 Å². The summed E-state index contributed by atoms with van der Waals surface area (Å²) in [5, 5.41) is 10.4. The molecule has 0 aromatic heterocycles. The van der Waals surface area contributed by atoms with Crippen LogP contribution in [-0.2, 0) is 4.79 Å². The number of allylic oxidation sites excluding steroid dienone is 1. The van der Waals surface area contributed by atoms with Gasteiger partial charge in [-0.25, -0.2) is 0 Å². The second-order valence-corrected chi connectivity index (χ2v) is 2.97. The van der Waals surface area contributed by atoms with Crippen LogP contribution < -0.4 is 42.0 Å². The van der Waals surface area contributed by atoms with E-state index in [1.807, 2.05) is 17.2 Å². The molecule has 1 aliphatic heterocycles. The smallest absolute Gasteiger partial charge is 1.00 e. The maximum atomic E-state index is 10.2. The molecule has 0 radical (unpaired) electrons. The molecule has 0 unspecified atom stereocenters. The van der Waals surface area contributed by atoms with Crippen LogP contribution in [-0.4, -0.2) is 28.4 Å². The van der Waals surface area contributed by atoms with Gasteiger partial charge < -0.3 is 22.4 Å². The average Bonchev–Trinajstić information content (AvgIpc) is 2.15. The summed E-state index contributed by atoms with van der Waals surface area (Å²) in [6.45, 7) is 2.04. The van der Waals surface area contributed by atoms with Crippen molar-refractivity contribution in [3.8, 4) is 0 Å². The normalized spacial score (nSPS) is 14.4. The Morgan fingerprint density at radius 2 is 2.42 bits per heavy atom. The van der Waals surface area contributed by atoms with Crippen molar-refractivity contribution in [3.05, 3.63) is 11.1 Å². The summed E-state index contributed by atoms with van der Waals surface area (Å²) >= 11 is 1.63. The van der Waals surface area contributed by atoms with Crippen LogP contribution >= 0.6 is 11.8 Å². The van der Waals surface area contributed by atoms with Gasteiger partial charge in [0.15, 0.2) is 0 Å². The van der Waals surface area contributed by atoms with E-state index >= 15 is 0 Å². The molecule has 1 rings (SSSR count). The van der Waals surface area contributed by atoms with E-state index in [-0.39, 0.29) is 48.5 Å². The molecule has 0 saturated carbocycles. The second kappa shape index (κ2) is 7.09. The topological polar surface area (TPSA) is 40.5 Å². The van der Waals surface area contributed by atoms with E-state index < -0.39 is 5.97 Å². The minimum atomic E-state index is -0.768. The molecule has 0 bridgehead atoms. The third-order valence-electron chi connectivity index (χ3n) is 1.31. The third kappa shape index (κ3) is 4.62. The van der Waals surface area contributed by atoms with Gasteiger partial charge in [0.2, 0.25) is 0 Å². The van der Waals surface area contributed by atoms with Crippen LogP contribution in [0.1, 0.15) is 6.92 Å². The summed E-state index contributed by atoms with van der Waals surface area (Å²) in [4.78, 5) is 12.0. The monoisotopic (exact) mass is 217 g/mol. The summed E-state index contributed by atoms with van der Waals surface area (Å²) in [5.74, 6) is 0.00764. The van der Waals surface area contributed by atoms with Gasteiger partial charge in [0.25, 0.3) is 0 Å². The van der Waals surface area contributed by atoms with Crippen molar-refractivity contribution in [2.45, 2.75) is 6.92 Å². The standard InChI is InChI=1S/C6H9NO2S.ClH.Na/c1-5-3-10-4-7(5)2-6(8)9;;/h3H,2,4H2,1H3,(H,8,9);1H;/q;;+1/p-1. The van der Waals surface area contributed by atoms with Crippen LogP contribution in [0.2, 0.25) is 0 Å². The average molecular weight is 218 g/mol. The van der Waals surface area contributed by atoms with Crippen LogP contribution in [0.25, 0.3) is 0 Å². The summed E-state index contributed by atoms with van der Waals surface area (Å²) < 4.78 is 0. The van der Waals surface area contributed by atoms with Gasteiger partial charge >= 0.3 is 35.5 Å². The molecule has 0 spiro atoms. The van der Waals surface area contributed by atoms with Crippen molar-refractivity contribution >= 4 is 17.7 Å². The van der Waals surface area contributed by atoms with Crippen LogP contribution in [0.3, 0.4) is 0 Å². The predicted molar refractivity (Wildman–Crippen MR) is 40.6 cm³/mol. The number of nitrogens with zero attached hydrogens (tertiary/aromatic N) is 1. The summed E-state index contributed by atoms with van der Waals surface area (Å²) in [6.07, 6.45) is 0. The fraction of sp³-hybridized carbons (Fsp3) is 0.500. The van der Waals surface area contributed by atoms with Gasteiger partial charge in [-0.2, -0.15) is 0 Å². The van der Waals surface area contributed by atoms with Gasteiger partial charge in [0.1, 0.15) is 6.54 Å². The quantitative estimate of drug-likeness (QED) is 0.470. The molecule has 6 heteroatoms. The number of carboxylic acids is 1. The number of carboxylic acid groups (broad SMARTS) is 1. The van der Waals surface area contributed by atoms with E-state index in [0.717, 1.165) is 11.6 Å². The van der Waals surface area contributed by atoms with Crippen LogP contribution in [0.15, 0.2) is 11.1 Å². The van der Waals surface area contributed by atoms with Crippen molar-refractivity contribution in [2.75, 3.05) is 12.4 Å². The van der Waals surface area contributed by atoms with Gasteiger partial charge in [0, 0.05) is 5.70 Å². The van der Waals surface area contributed by atoms with Crippen molar-refractivity contribution in [3.63, 3.8) is 0 Å². The fourth-order valence-corrected chi connectivity index (χ4v) is 1.70. The largest absolute Gasteiger partial charge is 1.00 e. The van der Waals surface area contributed by atoms with E-state index in [2.05, 4.69) is 0 Å². The van der Waals surface area contributed by atoms with Gasteiger partial charge in [-0.15, -0.1) is 11.8 Å². The molecular weight excluding hydrogens is 209 g/mol. The molecule has 3 nitrogen and oxygen atoms in total. The van der Waals surface area contributed by atoms with Crippen molar-refractivity contribution in [1.29, 1.82) is 0 Å². The van der Waals surface area contributed by atoms with E-state index in [9.17, 15) is 4.79 Å². The number of rotatable bonds is 2. The Morgan fingerprint density at radius 3 is 2.75 bits per heavy atom. The van der Waals surface area contributed by atoms with Gasteiger partial charge in [-0.1, -0.05) is 0 Å². The Kier molecular flexibility index (Phi) is 8.95. The maximum Gasteiger partial charge on any atom is 1.00 e. The van der Waals surface area contributed by atoms with Crippen molar-refractivity contribution < 1.29 is 51.9 Å². The number of hydrogen-bond acceptors (Lipinski definition) is 3. The molecule has 0 amide bonds. The zero-order valence-electron chi connectivity index (χ0n) is 7.08. The molecule has 64 valence electrons. The van der Waals surface area contributed by atoms with E-state index in [1.54, 1.807) is 11.8 Å². The molecule has 0 atom stereocenters. The summed E-state index contributed by atoms with van der Waals surface area (Å²) in [6, 6.07) is 0. The van der Waals surface area contributed by atoms with E-state index in [4.69, 9.17) is 5.11 Å². The molecule has 1 aliphatic rings. The second-order valence-electron chi connectivity index (χ2n) is 2.15. The van der Waals surface area contributed by atoms with Crippen LogP contribution in [0.4, 0.5) is 0 Å². The minimum Gasteiger partial charge on any atom is -1.00 e. The van der Waals surface area contributed by atoms with Crippen LogP contribution in [0.5, 0.6) is 0 Å². The Bertz CT molecular complexity index is 188. The predicted octanol–water partition coefficient (Wildman–Crippen LogP) is -5.05. The Labute approximate surface area is 104 Å². The summed E-state index contributed by atoms with van der Waals surface area (Å²) in [5.41, 5.74) is 1.05. The number of halogens is 1. The first kappa shape index (κ1) is 15.1. The van der Waals surface area contributed by atoms with Crippen molar-refractivity contribution in [1.82, 2.24) is 4.90 Å². The fourth-order valence-electron chi connectivity index (χ4n) is 0.758. The molecule has 0 saturated heterocycles. The molecule has 1 heterocycles. The molecule has 0 aromatic rings. The molecule has 12 heavy (non-hydrogen) atoms. The Morgan fingerprint density at radius 1 is 1.83 bits per heavy atom. The molecule has 1 N–H and O–H groups in total. The van der Waals surface area contributed by atoms with E-state index in [1.165, 1.54) is 0 Å². The number of aliphatic carboxylic acids is 1. The zero-order chi connectivity index (χ0) is 7.56.